The molecule has 1 aromatic rings. The Balaban J connectivity index is 2.56. The Bertz CT molecular complexity index is 352. The Morgan fingerprint density at radius 2 is 1.75 bits per heavy atom. The molecular weight excluding hydrogens is 206 g/mol. The molecule has 0 atom stereocenters. The first kappa shape index (κ1) is 12.4. The van der Waals surface area contributed by atoms with Crippen molar-refractivity contribution in [3.8, 4) is 5.75 Å². The van der Waals surface area contributed by atoms with Gasteiger partial charge < -0.3 is 9.47 Å². The highest BCUT2D eigenvalue weighted by molar-refractivity contribution is 5.84. The molecule has 0 heterocycles. The largest absolute Gasteiger partial charge is 0.497 e. The van der Waals surface area contributed by atoms with Crippen LogP contribution in [0.3, 0.4) is 0 Å². The van der Waals surface area contributed by atoms with Gasteiger partial charge in [-0.05, 0) is 45.0 Å². The second-order valence-electron chi connectivity index (χ2n) is 4.36. The number of carbonyl (C=O) groups excluding carboxylic acids is 1. The van der Waals surface area contributed by atoms with Crippen LogP contribution in [0, 0.1) is 0 Å². The number of methoxy groups -OCH3 is 1. The summed E-state index contributed by atoms with van der Waals surface area (Å²) in [5.74, 6) is 0.745. The second-order valence-corrected chi connectivity index (χ2v) is 4.36. The summed E-state index contributed by atoms with van der Waals surface area (Å²) >= 11 is 0. The number of rotatable bonds is 2. The first-order valence-corrected chi connectivity index (χ1v) is 5.05. The van der Waals surface area contributed by atoms with E-state index >= 15 is 0 Å². The summed E-state index contributed by atoms with van der Waals surface area (Å²) in [6.45, 7) is 5.46. The minimum absolute atomic E-state index is 0.460. The number of hydrogen-bond donors (Lipinski definition) is 1. The van der Waals surface area contributed by atoms with Gasteiger partial charge in [0, 0.05) is 5.69 Å². The smallest absolute Gasteiger partial charge is 0.412 e. The fourth-order valence-electron chi connectivity index (χ4n) is 1.10. The van der Waals surface area contributed by atoms with E-state index in [1.165, 1.54) is 0 Å². The molecule has 4 nitrogen and oxygen atoms in total. The Morgan fingerprint density at radius 1 is 1.19 bits per heavy atom. The van der Waals surface area contributed by atoms with Crippen molar-refractivity contribution in [2.75, 3.05) is 12.4 Å². The number of carbonyl (C=O) groups is 1. The molecule has 0 aliphatic carbocycles. The van der Waals surface area contributed by atoms with E-state index in [0.29, 0.717) is 5.69 Å². The van der Waals surface area contributed by atoms with Gasteiger partial charge in [0.1, 0.15) is 11.4 Å². The molecule has 0 saturated carbocycles. The third-order valence-corrected chi connectivity index (χ3v) is 1.74. The van der Waals surface area contributed by atoms with Crippen LogP contribution in [0.5, 0.6) is 5.75 Å². The third-order valence-electron chi connectivity index (χ3n) is 1.74. The SMILES string of the molecule is COc1ccc(NC(=O)OC(C)(C)C)cc1. The van der Waals surface area contributed by atoms with Crippen LogP contribution in [0.1, 0.15) is 20.8 Å². The molecule has 0 aromatic heterocycles. The average molecular weight is 223 g/mol. The zero-order valence-electron chi connectivity index (χ0n) is 10.0. The van der Waals surface area contributed by atoms with Gasteiger partial charge in [0.15, 0.2) is 0 Å². The summed E-state index contributed by atoms with van der Waals surface area (Å²) in [5, 5.41) is 2.63. The maximum atomic E-state index is 11.4. The van der Waals surface area contributed by atoms with Crippen molar-refractivity contribution in [1.82, 2.24) is 0 Å². The molecule has 1 N–H and O–H groups in total. The van der Waals surface area contributed by atoms with E-state index in [1.807, 2.05) is 20.8 Å². The van der Waals surface area contributed by atoms with Gasteiger partial charge in [0.2, 0.25) is 0 Å². The van der Waals surface area contributed by atoms with Crippen LogP contribution in [-0.4, -0.2) is 18.8 Å². The normalized spacial score (nSPS) is 10.8. The lowest BCUT2D eigenvalue weighted by Crippen LogP contribution is -2.27. The minimum atomic E-state index is -0.490. The summed E-state index contributed by atoms with van der Waals surface area (Å²) in [7, 11) is 1.59. The van der Waals surface area contributed by atoms with E-state index < -0.39 is 11.7 Å². The molecule has 4 heteroatoms. The van der Waals surface area contributed by atoms with E-state index in [2.05, 4.69) is 5.32 Å². The van der Waals surface area contributed by atoms with Gasteiger partial charge in [-0.15, -0.1) is 0 Å². The monoisotopic (exact) mass is 223 g/mol. The second kappa shape index (κ2) is 4.88. The first-order chi connectivity index (χ1) is 7.40. The molecule has 1 amide bonds. The van der Waals surface area contributed by atoms with Crippen LogP contribution in [0.4, 0.5) is 10.5 Å². The van der Waals surface area contributed by atoms with Crippen molar-refractivity contribution < 1.29 is 14.3 Å². The predicted molar refractivity (Wildman–Crippen MR) is 62.9 cm³/mol. The zero-order valence-corrected chi connectivity index (χ0v) is 10.0. The Hall–Kier alpha value is -1.71. The highest BCUT2D eigenvalue weighted by Gasteiger charge is 2.15. The lowest BCUT2D eigenvalue weighted by atomic mass is 10.2. The molecular formula is C12H17NO3. The van der Waals surface area contributed by atoms with E-state index in [1.54, 1.807) is 31.4 Å². The third kappa shape index (κ3) is 4.21. The van der Waals surface area contributed by atoms with Gasteiger partial charge in [-0.1, -0.05) is 0 Å². The highest BCUT2D eigenvalue weighted by atomic mass is 16.6. The van der Waals surface area contributed by atoms with Gasteiger partial charge >= 0.3 is 6.09 Å². The quantitative estimate of drug-likeness (QED) is 0.838. The van der Waals surface area contributed by atoms with Gasteiger partial charge in [0.05, 0.1) is 7.11 Å². The highest BCUT2D eigenvalue weighted by Crippen LogP contribution is 2.16. The number of hydrogen-bond acceptors (Lipinski definition) is 3. The molecule has 0 fully saturated rings. The van der Waals surface area contributed by atoms with Crippen molar-refractivity contribution >= 4 is 11.8 Å². The molecule has 0 unspecified atom stereocenters. The molecule has 0 saturated heterocycles. The fraction of sp³-hybridized carbons (Fsp3) is 0.417. The average Bonchev–Trinajstić information content (AvgIpc) is 2.16. The predicted octanol–water partition coefficient (Wildman–Crippen LogP) is 3.04. The lowest BCUT2D eigenvalue weighted by molar-refractivity contribution is 0.0636. The molecule has 0 bridgehead atoms. The Labute approximate surface area is 95.6 Å². The molecule has 0 aliphatic rings. The van der Waals surface area contributed by atoms with Crippen LogP contribution in [-0.2, 0) is 4.74 Å². The zero-order chi connectivity index (χ0) is 12.2. The van der Waals surface area contributed by atoms with Crippen molar-refractivity contribution in [3.63, 3.8) is 0 Å². The van der Waals surface area contributed by atoms with Gasteiger partial charge in [0.25, 0.3) is 0 Å². The summed E-state index contributed by atoms with van der Waals surface area (Å²) in [5.41, 5.74) is 0.186. The van der Waals surface area contributed by atoms with Crippen LogP contribution in [0.25, 0.3) is 0 Å². The summed E-state index contributed by atoms with van der Waals surface area (Å²) in [6.07, 6.45) is -0.460. The Morgan fingerprint density at radius 3 is 2.19 bits per heavy atom. The topological polar surface area (TPSA) is 47.6 Å². The minimum Gasteiger partial charge on any atom is -0.497 e. The van der Waals surface area contributed by atoms with Crippen LogP contribution >= 0.6 is 0 Å². The van der Waals surface area contributed by atoms with Crippen molar-refractivity contribution in [2.45, 2.75) is 26.4 Å². The van der Waals surface area contributed by atoms with Crippen molar-refractivity contribution in [3.05, 3.63) is 24.3 Å². The molecule has 16 heavy (non-hydrogen) atoms. The molecule has 0 aliphatic heterocycles. The van der Waals surface area contributed by atoms with Crippen LogP contribution in [0.2, 0.25) is 0 Å². The van der Waals surface area contributed by atoms with E-state index in [0.717, 1.165) is 5.75 Å². The molecule has 0 radical (unpaired) electrons. The van der Waals surface area contributed by atoms with Crippen molar-refractivity contribution in [2.24, 2.45) is 0 Å². The maximum absolute atomic E-state index is 11.4. The van der Waals surface area contributed by atoms with E-state index in [-0.39, 0.29) is 0 Å². The lowest BCUT2D eigenvalue weighted by Gasteiger charge is -2.19. The summed E-state index contributed by atoms with van der Waals surface area (Å²) < 4.78 is 10.1. The number of ether oxygens (including phenoxy) is 2. The summed E-state index contributed by atoms with van der Waals surface area (Å²) in [6, 6.07) is 7.05. The van der Waals surface area contributed by atoms with Gasteiger partial charge in [-0.3, -0.25) is 5.32 Å². The number of nitrogens with one attached hydrogen (secondary N) is 1. The fourth-order valence-corrected chi connectivity index (χ4v) is 1.10. The van der Waals surface area contributed by atoms with E-state index in [9.17, 15) is 4.79 Å². The first-order valence-electron chi connectivity index (χ1n) is 5.05. The number of amides is 1. The molecule has 1 aromatic carbocycles. The number of benzene rings is 1. The van der Waals surface area contributed by atoms with Gasteiger partial charge in [-0.25, -0.2) is 4.79 Å². The summed E-state index contributed by atoms with van der Waals surface area (Å²) in [4.78, 5) is 11.4. The molecule has 1 rings (SSSR count). The van der Waals surface area contributed by atoms with Crippen molar-refractivity contribution in [1.29, 1.82) is 0 Å². The number of anilines is 1. The van der Waals surface area contributed by atoms with Gasteiger partial charge in [-0.2, -0.15) is 0 Å². The van der Waals surface area contributed by atoms with E-state index in [4.69, 9.17) is 9.47 Å². The van der Waals surface area contributed by atoms with Crippen LogP contribution < -0.4 is 10.1 Å². The standard InChI is InChI=1S/C12H17NO3/c1-12(2,3)16-11(14)13-9-5-7-10(15-4)8-6-9/h5-8H,1-4H3,(H,13,14). The van der Waals surface area contributed by atoms with Crippen LogP contribution in [0.15, 0.2) is 24.3 Å². The maximum Gasteiger partial charge on any atom is 0.412 e. The molecule has 88 valence electrons. The molecule has 0 spiro atoms. The Kier molecular flexibility index (Phi) is 3.77.